The average molecular weight is 500 g/mol. The summed E-state index contributed by atoms with van der Waals surface area (Å²) in [5, 5.41) is 10.2. The van der Waals surface area contributed by atoms with Crippen molar-refractivity contribution in [2.75, 3.05) is 20.7 Å². The van der Waals surface area contributed by atoms with Crippen LogP contribution in [0.5, 0.6) is 5.75 Å². The van der Waals surface area contributed by atoms with Gasteiger partial charge in [0.25, 0.3) is 0 Å². The van der Waals surface area contributed by atoms with Crippen LogP contribution in [0.4, 0.5) is 0 Å². The maximum atomic E-state index is 12.5. The van der Waals surface area contributed by atoms with Gasteiger partial charge in [-0.05, 0) is 73.4 Å². The minimum atomic E-state index is -0.530. The molecule has 4 nitrogen and oxygen atoms in total. The Morgan fingerprint density at radius 1 is 1.00 bits per heavy atom. The normalized spacial score (nSPS) is 13.9. The monoisotopic (exact) mass is 499 g/mol. The van der Waals surface area contributed by atoms with E-state index in [1.807, 2.05) is 33.8 Å². The first-order valence-electron chi connectivity index (χ1n) is 12.7. The highest BCUT2D eigenvalue weighted by molar-refractivity contribution is 8.00. The molecule has 0 saturated carbocycles. The number of thioether (sulfide) groups is 1. The minimum absolute atomic E-state index is 0.125. The zero-order chi connectivity index (χ0) is 26.6. The van der Waals surface area contributed by atoms with Gasteiger partial charge < -0.3 is 14.7 Å². The third-order valence-electron chi connectivity index (χ3n) is 7.16. The summed E-state index contributed by atoms with van der Waals surface area (Å²) in [6, 6.07) is 13.2. The number of amides is 1. The highest BCUT2D eigenvalue weighted by Crippen LogP contribution is 2.42. The molecule has 0 bridgehead atoms. The molecule has 0 aliphatic heterocycles. The van der Waals surface area contributed by atoms with Crippen LogP contribution in [0.1, 0.15) is 76.6 Å². The van der Waals surface area contributed by atoms with Crippen LogP contribution in [0.2, 0.25) is 0 Å². The van der Waals surface area contributed by atoms with E-state index < -0.39 is 6.10 Å². The lowest BCUT2D eigenvalue weighted by Gasteiger charge is -2.34. The number of benzene rings is 2. The van der Waals surface area contributed by atoms with Gasteiger partial charge in [-0.3, -0.25) is 4.79 Å². The van der Waals surface area contributed by atoms with Gasteiger partial charge in [0.15, 0.2) is 0 Å². The van der Waals surface area contributed by atoms with Crippen LogP contribution in [-0.2, 0) is 10.2 Å². The standard InChI is InChI=1S/C30H45NO3S/c1-11-30(12-2,23-15-16-25(21(4)17-23)34-19-27(32)29(6,7)8)24-14-13-20(3)26(18-24)35-22(5)28(33)31(9)10/h13-18,22,27,32H,11-12,19H2,1-10H3. The molecule has 0 aliphatic carbocycles. The van der Waals surface area contributed by atoms with Gasteiger partial charge in [-0.25, -0.2) is 0 Å². The predicted octanol–water partition coefficient (Wildman–Crippen LogP) is 6.76. The van der Waals surface area contributed by atoms with E-state index in [1.54, 1.807) is 30.8 Å². The fourth-order valence-electron chi connectivity index (χ4n) is 4.39. The highest BCUT2D eigenvalue weighted by Gasteiger charge is 2.32. The Balaban J connectivity index is 2.40. The zero-order valence-corrected chi connectivity index (χ0v) is 24.2. The van der Waals surface area contributed by atoms with Crippen molar-refractivity contribution in [2.24, 2.45) is 5.41 Å². The first-order valence-corrected chi connectivity index (χ1v) is 13.6. The lowest BCUT2D eigenvalue weighted by Crippen LogP contribution is -2.32. The van der Waals surface area contributed by atoms with Gasteiger partial charge in [0.05, 0.1) is 11.4 Å². The molecule has 0 aliphatic rings. The number of aliphatic hydroxyl groups is 1. The summed E-state index contributed by atoms with van der Waals surface area (Å²) in [7, 11) is 3.61. The quantitative estimate of drug-likeness (QED) is 0.367. The summed E-state index contributed by atoms with van der Waals surface area (Å²) in [6.45, 7) is 17.0. The number of hydrogen-bond acceptors (Lipinski definition) is 4. The summed E-state index contributed by atoms with van der Waals surface area (Å²) in [6.07, 6.45) is 1.40. The second-order valence-corrected chi connectivity index (χ2v) is 12.3. The van der Waals surface area contributed by atoms with Crippen molar-refractivity contribution in [1.29, 1.82) is 0 Å². The van der Waals surface area contributed by atoms with Crippen molar-refractivity contribution in [1.82, 2.24) is 4.90 Å². The second-order valence-electron chi connectivity index (χ2n) is 10.9. The SMILES string of the molecule is CCC(CC)(c1ccc(OCC(O)C(C)(C)C)c(C)c1)c1ccc(C)c(SC(C)C(=O)N(C)C)c1. The summed E-state index contributed by atoms with van der Waals surface area (Å²) in [5.41, 5.74) is 4.45. The molecule has 1 amide bonds. The molecule has 2 aromatic carbocycles. The minimum Gasteiger partial charge on any atom is -0.491 e. The Labute approximate surface area is 217 Å². The molecule has 35 heavy (non-hydrogen) atoms. The Hall–Kier alpha value is -1.98. The molecule has 2 unspecified atom stereocenters. The Morgan fingerprint density at radius 3 is 2.09 bits per heavy atom. The Kier molecular flexibility index (Phi) is 9.89. The summed E-state index contributed by atoms with van der Waals surface area (Å²) in [4.78, 5) is 15.3. The smallest absolute Gasteiger partial charge is 0.235 e. The van der Waals surface area contributed by atoms with Crippen molar-refractivity contribution in [3.63, 3.8) is 0 Å². The second kappa shape index (κ2) is 11.8. The molecule has 194 valence electrons. The zero-order valence-electron chi connectivity index (χ0n) is 23.4. The number of carbonyl (C=O) groups excluding carboxylic acids is 1. The van der Waals surface area contributed by atoms with Gasteiger partial charge in [-0.2, -0.15) is 0 Å². The molecule has 0 radical (unpaired) electrons. The lowest BCUT2D eigenvalue weighted by atomic mass is 9.70. The van der Waals surface area contributed by atoms with E-state index in [0.717, 1.165) is 29.1 Å². The maximum absolute atomic E-state index is 12.5. The van der Waals surface area contributed by atoms with Gasteiger partial charge in [0.1, 0.15) is 12.4 Å². The molecule has 2 rings (SSSR count). The molecular weight excluding hydrogens is 454 g/mol. The predicted molar refractivity (Wildman–Crippen MR) is 149 cm³/mol. The molecule has 2 aromatic rings. The van der Waals surface area contributed by atoms with E-state index >= 15 is 0 Å². The van der Waals surface area contributed by atoms with Crippen LogP contribution >= 0.6 is 11.8 Å². The van der Waals surface area contributed by atoms with Crippen LogP contribution < -0.4 is 4.74 Å². The van der Waals surface area contributed by atoms with Crippen LogP contribution in [0.3, 0.4) is 0 Å². The van der Waals surface area contributed by atoms with Gasteiger partial charge in [0.2, 0.25) is 5.91 Å². The molecule has 2 atom stereocenters. The van der Waals surface area contributed by atoms with Crippen LogP contribution in [0, 0.1) is 19.3 Å². The van der Waals surface area contributed by atoms with E-state index in [2.05, 4.69) is 58.0 Å². The van der Waals surface area contributed by atoms with Gasteiger partial charge in [0, 0.05) is 24.4 Å². The van der Waals surface area contributed by atoms with Crippen molar-refractivity contribution in [2.45, 2.75) is 89.9 Å². The summed E-state index contributed by atoms with van der Waals surface area (Å²) in [5.74, 6) is 0.939. The Bertz CT molecular complexity index is 1010. The van der Waals surface area contributed by atoms with Crippen LogP contribution in [0.25, 0.3) is 0 Å². The topological polar surface area (TPSA) is 49.8 Å². The molecule has 5 heteroatoms. The fraction of sp³-hybridized carbons (Fsp3) is 0.567. The van der Waals surface area contributed by atoms with Crippen molar-refractivity contribution >= 4 is 17.7 Å². The lowest BCUT2D eigenvalue weighted by molar-refractivity contribution is -0.127. The van der Waals surface area contributed by atoms with Crippen molar-refractivity contribution in [3.8, 4) is 5.75 Å². The van der Waals surface area contributed by atoms with Crippen molar-refractivity contribution in [3.05, 3.63) is 58.7 Å². The molecule has 0 spiro atoms. The van der Waals surface area contributed by atoms with Gasteiger partial charge >= 0.3 is 0 Å². The van der Waals surface area contributed by atoms with E-state index in [9.17, 15) is 9.90 Å². The number of rotatable bonds is 10. The fourth-order valence-corrected chi connectivity index (χ4v) is 5.53. The van der Waals surface area contributed by atoms with Crippen molar-refractivity contribution < 1.29 is 14.6 Å². The summed E-state index contributed by atoms with van der Waals surface area (Å²) >= 11 is 1.63. The molecule has 0 saturated heterocycles. The number of aryl methyl sites for hydroxylation is 2. The van der Waals surface area contributed by atoms with E-state index in [-0.39, 0.29) is 28.6 Å². The first-order chi connectivity index (χ1) is 16.3. The molecule has 0 heterocycles. The Morgan fingerprint density at radius 2 is 1.57 bits per heavy atom. The third-order valence-corrected chi connectivity index (χ3v) is 8.41. The largest absolute Gasteiger partial charge is 0.491 e. The number of carbonyl (C=O) groups is 1. The van der Waals surface area contributed by atoms with E-state index in [1.165, 1.54) is 16.7 Å². The molecule has 1 N–H and O–H groups in total. The highest BCUT2D eigenvalue weighted by atomic mass is 32.2. The average Bonchev–Trinajstić information content (AvgIpc) is 2.80. The maximum Gasteiger partial charge on any atom is 0.235 e. The number of hydrogen-bond donors (Lipinski definition) is 1. The molecular formula is C30H45NO3S. The third kappa shape index (κ3) is 6.83. The first kappa shape index (κ1) is 29.3. The van der Waals surface area contributed by atoms with E-state index in [4.69, 9.17) is 4.74 Å². The summed E-state index contributed by atoms with van der Waals surface area (Å²) < 4.78 is 6.00. The van der Waals surface area contributed by atoms with Gasteiger partial charge in [-0.1, -0.05) is 58.9 Å². The molecule has 0 aromatic heterocycles. The number of ether oxygens (including phenoxy) is 1. The van der Waals surface area contributed by atoms with E-state index in [0.29, 0.717) is 0 Å². The number of aliphatic hydroxyl groups excluding tert-OH is 1. The molecule has 0 fully saturated rings. The van der Waals surface area contributed by atoms with Crippen LogP contribution in [0.15, 0.2) is 41.3 Å². The van der Waals surface area contributed by atoms with Crippen LogP contribution in [-0.4, -0.2) is 48.0 Å². The van der Waals surface area contributed by atoms with Gasteiger partial charge in [-0.15, -0.1) is 11.8 Å². The number of nitrogens with zero attached hydrogens (tertiary/aromatic N) is 1.